The number of likely N-dealkylation sites (N-methyl/N-ethyl adjacent to an activating group) is 1. The molecular formula is C26H29NO3. The molecule has 4 heteroatoms. The van der Waals surface area contributed by atoms with Gasteiger partial charge in [-0.3, -0.25) is 4.79 Å². The molecule has 3 aromatic carbocycles. The predicted molar refractivity (Wildman–Crippen MR) is 120 cm³/mol. The first-order valence-electron chi connectivity index (χ1n) is 10.3. The summed E-state index contributed by atoms with van der Waals surface area (Å²) in [5.41, 5.74) is 3.02. The average molecular weight is 404 g/mol. The van der Waals surface area contributed by atoms with E-state index in [1.165, 1.54) is 0 Å². The second-order valence-electron chi connectivity index (χ2n) is 7.45. The van der Waals surface area contributed by atoms with Gasteiger partial charge >= 0.3 is 0 Å². The minimum Gasteiger partial charge on any atom is -0.481 e. The highest BCUT2D eigenvalue weighted by Crippen LogP contribution is 2.24. The van der Waals surface area contributed by atoms with Gasteiger partial charge in [-0.15, -0.1) is 0 Å². The van der Waals surface area contributed by atoms with E-state index in [9.17, 15) is 9.90 Å². The molecule has 1 amide bonds. The van der Waals surface area contributed by atoms with Crippen LogP contribution in [0, 0.1) is 0 Å². The minimum absolute atomic E-state index is 0.146. The number of aliphatic hydroxyl groups is 1. The standard InChI is InChI=1S/C26H29NO3/c1-4-24(26(29)27(3)19(2)25(28)22-13-9-6-10-14-22)30-23-17-15-21(16-18-23)20-11-7-5-8-12-20/h5-19,24-25,28H,4H2,1-3H3. The van der Waals surface area contributed by atoms with Crippen LogP contribution in [0.5, 0.6) is 5.75 Å². The molecule has 0 saturated heterocycles. The Bertz CT molecular complexity index is 926. The van der Waals surface area contributed by atoms with E-state index in [0.717, 1.165) is 16.7 Å². The van der Waals surface area contributed by atoms with Crippen LogP contribution in [0.25, 0.3) is 11.1 Å². The van der Waals surface area contributed by atoms with Crippen LogP contribution in [0.1, 0.15) is 31.9 Å². The van der Waals surface area contributed by atoms with Crippen molar-refractivity contribution >= 4 is 5.91 Å². The molecule has 0 heterocycles. The highest BCUT2D eigenvalue weighted by molar-refractivity contribution is 5.81. The van der Waals surface area contributed by atoms with E-state index in [0.29, 0.717) is 12.2 Å². The lowest BCUT2D eigenvalue weighted by molar-refractivity contribution is -0.141. The quantitative estimate of drug-likeness (QED) is 0.570. The van der Waals surface area contributed by atoms with E-state index in [4.69, 9.17) is 4.74 Å². The minimum atomic E-state index is -0.761. The third-order valence-corrected chi connectivity index (χ3v) is 5.44. The lowest BCUT2D eigenvalue weighted by Crippen LogP contribution is -2.46. The van der Waals surface area contributed by atoms with Gasteiger partial charge in [-0.25, -0.2) is 0 Å². The monoisotopic (exact) mass is 403 g/mol. The Labute approximate surface area is 178 Å². The van der Waals surface area contributed by atoms with Crippen LogP contribution in [0.3, 0.4) is 0 Å². The SMILES string of the molecule is CCC(Oc1ccc(-c2ccccc2)cc1)C(=O)N(C)C(C)C(O)c1ccccc1. The third-order valence-electron chi connectivity index (χ3n) is 5.44. The van der Waals surface area contributed by atoms with Crippen molar-refractivity contribution in [1.29, 1.82) is 0 Å². The Morgan fingerprint density at radius 2 is 1.43 bits per heavy atom. The van der Waals surface area contributed by atoms with Crippen LogP contribution < -0.4 is 4.74 Å². The summed E-state index contributed by atoms with van der Waals surface area (Å²) in [7, 11) is 1.71. The molecule has 3 rings (SSSR count). The van der Waals surface area contributed by atoms with Crippen molar-refractivity contribution < 1.29 is 14.6 Å². The molecule has 0 bridgehead atoms. The summed E-state index contributed by atoms with van der Waals surface area (Å²) in [6, 6.07) is 26.9. The third kappa shape index (κ3) is 5.08. The van der Waals surface area contributed by atoms with Crippen molar-refractivity contribution in [1.82, 2.24) is 4.90 Å². The fraction of sp³-hybridized carbons (Fsp3) is 0.269. The Morgan fingerprint density at radius 3 is 2.00 bits per heavy atom. The van der Waals surface area contributed by atoms with E-state index >= 15 is 0 Å². The van der Waals surface area contributed by atoms with Gasteiger partial charge in [0.05, 0.1) is 12.1 Å². The molecule has 0 aliphatic rings. The highest BCUT2D eigenvalue weighted by Gasteiger charge is 2.29. The molecule has 0 aliphatic carbocycles. The summed E-state index contributed by atoms with van der Waals surface area (Å²) in [5.74, 6) is 0.506. The van der Waals surface area contributed by atoms with Crippen molar-refractivity contribution in [2.75, 3.05) is 7.05 Å². The normalized spacial score (nSPS) is 13.9. The van der Waals surface area contributed by atoms with Crippen molar-refractivity contribution in [2.45, 2.75) is 38.5 Å². The molecular weight excluding hydrogens is 374 g/mol. The van der Waals surface area contributed by atoms with Crippen LogP contribution in [-0.4, -0.2) is 35.1 Å². The first-order chi connectivity index (χ1) is 14.5. The Hall–Kier alpha value is -3.11. The number of rotatable bonds is 8. The second kappa shape index (κ2) is 10.1. The van der Waals surface area contributed by atoms with Gasteiger partial charge in [-0.1, -0.05) is 79.7 Å². The Kier molecular flexibility index (Phi) is 7.26. The van der Waals surface area contributed by atoms with Gasteiger partial charge < -0.3 is 14.7 Å². The summed E-state index contributed by atoms with van der Waals surface area (Å²) in [6.45, 7) is 3.77. The molecule has 4 nitrogen and oxygen atoms in total. The maximum absolute atomic E-state index is 13.0. The van der Waals surface area contributed by atoms with E-state index in [1.807, 2.05) is 86.6 Å². The van der Waals surface area contributed by atoms with Crippen molar-refractivity contribution in [2.24, 2.45) is 0 Å². The number of amides is 1. The molecule has 0 aliphatic heterocycles. The fourth-order valence-electron chi connectivity index (χ4n) is 3.40. The first-order valence-corrected chi connectivity index (χ1v) is 10.3. The molecule has 0 aromatic heterocycles. The smallest absolute Gasteiger partial charge is 0.263 e. The molecule has 0 fully saturated rings. The zero-order valence-corrected chi connectivity index (χ0v) is 17.7. The molecule has 0 saturated carbocycles. The van der Waals surface area contributed by atoms with Gasteiger partial charge in [-0.05, 0) is 42.2 Å². The largest absolute Gasteiger partial charge is 0.481 e. The number of carbonyl (C=O) groups is 1. The van der Waals surface area contributed by atoms with Crippen LogP contribution in [-0.2, 0) is 4.79 Å². The lowest BCUT2D eigenvalue weighted by atomic mass is 10.0. The number of hydrogen-bond donors (Lipinski definition) is 1. The van der Waals surface area contributed by atoms with Crippen molar-refractivity contribution in [3.63, 3.8) is 0 Å². The zero-order valence-electron chi connectivity index (χ0n) is 17.7. The second-order valence-corrected chi connectivity index (χ2v) is 7.45. The van der Waals surface area contributed by atoms with Crippen LogP contribution in [0.2, 0.25) is 0 Å². The Balaban J connectivity index is 1.66. The summed E-state index contributed by atoms with van der Waals surface area (Å²) in [5, 5.41) is 10.7. The zero-order chi connectivity index (χ0) is 21.5. The first kappa shape index (κ1) is 21.6. The average Bonchev–Trinajstić information content (AvgIpc) is 2.82. The Morgan fingerprint density at radius 1 is 0.900 bits per heavy atom. The van der Waals surface area contributed by atoms with E-state index in [2.05, 4.69) is 12.1 Å². The van der Waals surface area contributed by atoms with Gasteiger partial charge in [0.25, 0.3) is 5.91 Å². The molecule has 3 aromatic rings. The lowest BCUT2D eigenvalue weighted by Gasteiger charge is -2.32. The van der Waals surface area contributed by atoms with Gasteiger partial charge in [-0.2, -0.15) is 0 Å². The molecule has 0 radical (unpaired) electrons. The number of nitrogens with zero attached hydrogens (tertiary/aromatic N) is 1. The molecule has 3 unspecified atom stereocenters. The van der Waals surface area contributed by atoms with Crippen LogP contribution in [0.4, 0.5) is 0 Å². The maximum Gasteiger partial charge on any atom is 0.263 e. The summed E-state index contributed by atoms with van der Waals surface area (Å²) in [6.07, 6.45) is -0.830. The number of carbonyl (C=O) groups excluding carboxylic acids is 1. The van der Waals surface area contributed by atoms with E-state index < -0.39 is 12.2 Å². The van der Waals surface area contributed by atoms with Gasteiger partial charge in [0, 0.05) is 7.05 Å². The summed E-state index contributed by atoms with van der Waals surface area (Å²) >= 11 is 0. The number of ether oxygens (including phenoxy) is 1. The van der Waals surface area contributed by atoms with Crippen LogP contribution >= 0.6 is 0 Å². The molecule has 30 heavy (non-hydrogen) atoms. The van der Waals surface area contributed by atoms with E-state index in [-0.39, 0.29) is 11.9 Å². The van der Waals surface area contributed by atoms with Gasteiger partial charge in [0.15, 0.2) is 6.10 Å². The predicted octanol–water partition coefficient (Wildman–Crippen LogP) is 5.09. The van der Waals surface area contributed by atoms with Crippen molar-refractivity contribution in [3.8, 4) is 16.9 Å². The van der Waals surface area contributed by atoms with Crippen molar-refractivity contribution in [3.05, 3.63) is 90.5 Å². The summed E-state index contributed by atoms with van der Waals surface area (Å²) < 4.78 is 6.00. The maximum atomic E-state index is 13.0. The number of hydrogen-bond acceptors (Lipinski definition) is 3. The summed E-state index contributed by atoms with van der Waals surface area (Å²) in [4.78, 5) is 14.6. The highest BCUT2D eigenvalue weighted by atomic mass is 16.5. The van der Waals surface area contributed by atoms with E-state index in [1.54, 1.807) is 11.9 Å². The van der Waals surface area contributed by atoms with Gasteiger partial charge in [0.2, 0.25) is 0 Å². The van der Waals surface area contributed by atoms with Gasteiger partial charge in [0.1, 0.15) is 5.75 Å². The molecule has 1 N–H and O–H groups in total. The molecule has 156 valence electrons. The molecule has 0 spiro atoms. The number of aliphatic hydroxyl groups excluding tert-OH is 1. The molecule has 3 atom stereocenters. The fourth-order valence-corrected chi connectivity index (χ4v) is 3.40. The number of benzene rings is 3. The van der Waals surface area contributed by atoms with Crippen LogP contribution in [0.15, 0.2) is 84.9 Å². The topological polar surface area (TPSA) is 49.8 Å².